The van der Waals surface area contributed by atoms with E-state index in [9.17, 15) is 9.90 Å². The molecule has 1 atom stereocenters. The number of aliphatic hydroxyl groups excluding tert-OH is 1. The zero-order valence-electron chi connectivity index (χ0n) is 14.8. The number of amides is 1. The lowest BCUT2D eigenvalue weighted by molar-refractivity contribution is -0.00454. The minimum Gasteiger partial charge on any atom is -0.444 e. The number of unbranched alkanes of at least 4 members (excludes halogenated alkanes) is 4. The second-order valence-electron chi connectivity index (χ2n) is 7.21. The molecule has 0 aliphatic carbocycles. The van der Waals surface area contributed by atoms with Gasteiger partial charge in [-0.05, 0) is 33.7 Å². The van der Waals surface area contributed by atoms with Crippen molar-refractivity contribution in [3.8, 4) is 0 Å². The van der Waals surface area contributed by atoms with Crippen LogP contribution in [0.2, 0.25) is 0 Å². The standard InChI is InChI=1S/C17H34N2O3/c1-5-6-7-8-9-10-18-11-12-19(13-15(18)14-20)16(21)22-17(2,3)4/h15,20H,5-14H2,1-4H3/t15-/m0/s1. The summed E-state index contributed by atoms with van der Waals surface area (Å²) in [5, 5.41) is 9.61. The normalized spacial score (nSPS) is 20.2. The molecule has 0 aromatic heterocycles. The first kappa shape index (κ1) is 19.2. The lowest BCUT2D eigenvalue weighted by Crippen LogP contribution is -2.56. The molecule has 1 amide bonds. The molecule has 0 spiro atoms. The number of carbonyl (C=O) groups is 1. The van der Waals surface area contributed by atoms with Crippen molar-refractivity contribution >= 4 is 6.09 Å². The van der Waals surface area contributed by atoms with E-state index in [-0.39, 0.29) is 18.7 Å². The van der Waals surface area contributed by atoms with Gasteiger partial charge in [0.05, 0.1) is 12.6 Å². The molecule has 0 radical (unpaired) electrons. The Morgan fingerprint density at radius 2 is 1.86 bits per heavy atom. The fourth-order valence-electron chi connectivity index (χ4n) is 2.77. The van der Waals surface area contributed by atoms with Crippen LogP contribution in [-0.2, 0) is 4.74 Å². The van der Waals surface area contributed by atoms with Crippen LogP contribution in [0.25, 0.3) is 0 Å². The van der Waals surface area contributed by atoms with Crippen LogP contribution in [0.5, 0.6) is 0 Å². The average molecular weight is 314 g/mol. The van der Waals surface area contributed by atoms with E-state index in [4.69, 9.17) is 4.74 Å². The van der Waals surface area contributed by atoms with Gasteiger partial charge in [-0.2, -0.15) is 0 Å². The Morgan fingerprint density at radius 1 is 1.18 bits per heavy atom. The first-order valence-corrected chi connectivity index (χ1v) is 8.70. The zero-order valence-corrected chi connectivity index (χ0v) is 14.8. The Bertz CT molecular complexity index is 328. The fraction of sp³-hybridized carbons (Fsp3) is 0.941. The second kappa shape index (κ2) is 9.36. The summed E-state index contributed by atoms with van der Waals surface area (Å²) in [6.45, 7) is 11.0. The fourth-order valence-corrected chi connectivity index (χ4v) is 2.77. The Balaban J connectivity index is 2.38. The number of rotatable bonds is 7. The van der Waals surface area contributed by atoms with Crippen molar-refractivity contribution in [3.63, 3.8) is 0 Å². The molecular formula is C17H34N2O3. The molecule has 5 heteroatoms. The van der Waals surface area contributed by atoms with Gasteiger partial charge in [0.2, 0.25) is 0 Å². The molecule has 0 saturated carbocycles. The van der Waals surface area contributed by atoms with Crippen molar-refractivity contribution in [3.05, 3.63) is 0 Å². The molecule has 130 valence electrons. The number of piperazine rings is 1. The highest BCUT2D eigenvalue weighted by molar-refractivity contribution is 5.68. The van der Waals surface area contributed by atoms with E-state index in [0.29, 0.717) is 13.1 Å². The largest absolute Gasteiger partial charge is 0.444 e. The van der Waals surface area contributed by atoms with Crippen LogP contribution in [0.1, 0.15) is 59.8 Å². The van der Waals surface area contributed by atoms with Gasteiger partial charge < -0.3 is 14.7 Å². The van der Waals surface area contributed by atoms with Crippen LogP contribution in [0, 0.1) is 0 Å². The van der Waals surface area contributed by atoms with Crippen LogP contribution < -0.4 is 0 Å². The third-order valence-corrected chi connectivity index (χ3v) is 4.02. The predicted molar refractivity (Wildman–Crippen MR) is 89.0 cm³/mol. The van der Waals surface area contributed by atoms with E-state index in [2.05, 4.69) is 11.8 Å². The minimum absolute atomic E-state index is 0.0347. The number of ether oxygens (including phenoxy) is 1. The molecule has 1 aliphatic heterocycles. The van der Waals surface area contributed by atoms with Gasteiger partial charge in [0.1, 0.15) is 5.60 Å². The molecule has 1 N–H and O–H groups in total. The maximum atomic E-state index is 12.1. The van der Waals surface area contributed by atoms with E-state index in [1.165, 1.54) is 32.1 Å². The van der Waals surface area contributed by atoms with Gasteiger partial charge in [-0.15, -0.1) is 0 Å². The summed E-state index contributed by atoms with van der Waals surface area (Å²) in [5.41, 5.74) is -0.470. The summed E-state index contributed by atoms with van der Waals surface area (Å²) in [5.74, 6) is 0. The average Bonchev–Trinajstić information content (AvgIpc) is 2.45. The lowest BCUT2D eigenvalue weighted by Gasteiger charge is -2.41. The topological polar surface area (TPSA) is 53.0 Å². The highest BCUT2D eigenvalue weighted by Crippen LogP contribution is 2.16. The van der Waals surface area contributed by atoms with E-state index in [1.807, 2.05) is 20.8 Å². The Hall–Kier alpha value is -0.810. The van der Waals surface area contributed by atoms with Gasteiger partial charge in [-0.1, -0.05) is 32.6 Å². The van der Waals surface area contributed by atoms with Crippen LogP contribution in [0.4, 0.5) is 4.79 Å². The van der Waals surface area contributed by atoms with Crippen molar-refractivity contribution in [1.82, 2.24) is 9.80 Å². The Labute approximate surface area is 135 Å². The zero-order chi connectivity index (χ0) is 16.6. The van der Waals surface area contributed by atoms with Crippen molar-refractivity contribution < 1.29 is 14.6 Å². The summed E-state index contributed by atoms with van der Waals surface area (Å²) in [4.78, 5) is 16.2. The van der Waals surface area contributed by atoms with Gasteiger partial charge in [0.25, 0.3) is 0 Å². The highest BCUT2D eigenvalue weighted by Gasteiger charge is 2.31. The van der Waals surface area contributed by atoms with Gasteiger partial charge in [-0.25, -0.2) is 4.79 Å². The minimum atomic E-state index is -0.470. The van der Waals surface area contributed by atoms with Crippen molar-refractivity contribution in [2.24, 2.45) is 0 Å². The van der Waals surface area contributed by atoms with E-state index in [1.54, 1.807) is 4.90 Å². The molecular weight excluding hydrogens is 280 g/mol. The Morgan fingerprint density at radius 3 is 2.45 bits per heavy atom. The molecule has 0 aromatic rings. The molecule has 0 aromatic carbocycles. The molecule has 0 bridgehead atoms. The first-order valence-electron chi connectivity index (χ1n) is 8.70. The van der Waals surface area contributed by atoms with Gasteiger partial charge in [0, 0.05) is 19.6 Å². The number of carbonyl (C=O) groups excluding carboxylic acids is 1. The van der Waals surface area contributed by atoms with Gasteiger partial charge in [-0.3, -0.25) is 4.90 Å². The molecule has 1 aliphatic rings. The van der Waals surface area contributed by atoms with Crippen molar-refractivity contribution in [1.29, 1.82) is 0 Å². The monoisotopic (exact) mass is 314 g/mol. The summed E-state index contributed by atoms with van der Waals surface area (Å²) in [6, 6.07) is 0.0347. The third kappa shape index (κ3) is 6.97. The molecule has 22 heavy (non-hydrogen) atoms. The number of hydrogen-bond acceptors (Lipinski definition) is 4. The molecule has 1 rings (SSSR count). The summed E-state index contributed by atoms with van der Waals surface area (Å²) in [7, 11) is 0. The quantitative estimate of drug-likeness (QED) is 0.734. The molecule has 0 unspecified atom stereocenters. The highest BCUT2D eigenvalue weighted by atomic mass is 16.6. The predicted octanol–water partition coefficient (Wildman–Crippen LogP) is 2.87. The SMILES string of the molecule is CCCCCCCN1CCN(C(=O)OC(C)(C)C)C[C@H]1CO. The molecule has 1 saturated heterocycles. The molecule has 5 nitrogen and oxygen atoms in total. The number of aliphatic hydroxyl groups is 1. The van der Waals surface area contributed by atoms with Crippen LogP contribution in [0.3, 0.4) is 0 Å². The van der Waals surface area contributed by atoms with Crippen LogP contribution >= 0.6 is 0 Å². The van der Waals surface area contributed by atoms with Gasteiger partial charge >= 0.3 is 6.09 Å². The Kier molecular flexibility index (Phi) is 8.18. The van der Waals surface area contributed by atoms with Crippen LogP contribution in [-0.4, -0.2) is 65.4 Å². The van der Waals surface area contributed by atoms with Gasteiger partial charge in [0.15, 0.2) is 0 Å². The maximum absolute atomic E-state index is 12.1. The number of nitrogens with zero attached hydrogens (tertiary/aromatic N) is 2. The van der Waals surface area contributed by atoms with E-state index < -0.39 is 5.60 Å². The van der Waals surface area contributed by atoms with E-state index in [0.717, 1.165) is 13.1 Å². The maximum Gasteiger partial charge on any atom is 0.410 e. The molecule has 1 heterocycles. The summed E-state index contributed by atoms with van der Waals surface area (Å²) < 4.78 is 5.42. The number of hydrogen-bond donors (Lipinski definition) is 1. The lowest BCUT2D eigenvalue weighted by atomic mass is 10.1. The molecule has 1 fully saturated rings. The van der Waals surface area contributed by atoms with E-state index >= 15 is 0 Å². The second-order valence-corrected chi connectivity index (χ2v) is 7.21. The van der Waals surface area contributed by atoms with Crippen LogP contribution in [0.15, 0.2) is 0 Å². The first-order chi connectivity index (χ1) is 10.4. The smallest absolute Gasteiger partial charge is 0.410 e. The van der Waals surface area contributed by atoms with Crippen molar-refractivity contribution in [2.45, 2.75) is 71.4 Å². The van der Waals surface area contributed by atoms with Crippen molar-refractivity contribution in [2.75, 3.05) is 32.8 Å². The summed E-state index contributed by atoms with van der Waals surface area (Å²) >= 11 is 0. The third-order valence-electron chi connectivity index (χ3n) is 4.02. The summed E-state index contributed by atoms with van der Waals surface area (Å²) in [6.07, 6.45) is 6.00.